The fourth-order valence-corrected chi connectivity index (χ4v) is 2.25. The molecule has 5 nitrogen and oxygen atoms in total. The van der Waals surface area contributed by atoms with Crippen molar-refractivity contribution in [2.75, 3.05) is 19.0 Å². The summed E-state index contributed by atoms with van der Waals surface area (Å²) < 4.78 is 10.2. The third-order valence-electron chi connectivity index (χ3n) is 3.49. The average Bonchev–Trinajstić information content (AvgIpc) is 2.62. The van der Waals surface area contributed by atoms with Crippen molar-refractivity contribution in [2.45, 2.75) is 19.4 Å². The van der Waals surface area contributed by atoms with E-state index in [0.29, 0.717) is 11.3 Å². The number of hydrogen-bond donors (Lipinski definition) is 1. The van der Waals surface area contributed by atoms with Crippen molar-refractivity contribution in [3.05, 3.63) is 60.2 Å². The Bertz CT molecular complexity index is 668. The SMILES string of the molecule is CCOC(=O)C(CC(=O)c1ccccc1)Nc1ccc(OC)cc1. The lowest BCUT2D eigenvalue weighted by molar-refractivity contribution is -0.144. The molecule has 2 aromatic rings. The van der Waals surface area contributed by atoms with Crippen LogP contribution in [0.5, 0.6) is 5.75 Å². The van der Waals surface area contributed by atoms with Gasteiger partial charge in [-0.1, -0.05) is 30.3 Å². The summed E-state index contributed by atoms with van der Waals surface area (Å²) in [6.45, 7) is 2.00. The summed E-state index contributed by atoms with van der Waals surface area (Å²) >= 11 is 0. The third-order valence-corrected chi connectivity index (χ3v) is 3.49. The molecule has 0 spiro atoms. The van der Waals surface area contributed by atoms with Crippen molar-refractivity contribution in [3.63, 3.8) is 0 Å². The minimum atomic E-state index is -0.744. The number of ether oxygens (including phenoxy) is 2. The third kappa shape index (κ3) is 4.84. The number of methoxy groups -OCH3 is 1. The standard InChI is InChI=1S/C19H21NO4/c1-3-24-19(22)17(13-18(21)14-7-5-4-6-8-14)20-15-9-11-16(23-2)12-10-15/h4-12,17,20H,3,13H2,1-2H3. The van der Waals surface area contributed by atoms with Crippen LogP contribution in [0.4, 0.5) is 5.69 Å². The maximum atomic E-state index is 12.4. The average molecular weight is 327 g/mol. The van der Waals surface area contributed by atoms with Crippen LogP contribution in [0, 0.1) is 0 Å². The molecule has 0 aliphatic rings. The normalized spacial score (nSPS) is 11.4. The molecule has 0 aliphatic heterocycles. The fourth-order valence-electron chi connectivity index (χ4n) is 2.25. The molecule has 5 heteroatoms. The van der Waals surface area contributed by atoms with Gasteiger partial charge in [0.05, 0.1) is 13.7 Å². The van der Waals surface area contributed by atoms with Crippen LogP contribution >= 0.6 is 0 Å². The molecule has 1 unspecified atom stereocenters. The number of benzene rings is 2. The summed E-state index contributed by atoms with van der Waals surface area (Å²) in [6.07, 6.45) is 0.0227. The molecule has 1 N–H and O–H groups in total. The Kier molecular flexibility index (Phi) is 6.37. The van der Waals surface area contributed by atoms with Gasteiger partial charge in [0.15, 0.2) is 5.78 Å². The van der Waals surface area contributed by atoms with E-state index in [1.165, 1.54) is 0 Å². The van der Waals surface area contributed by atoms with E-state index >= 15 is 0 Å². The number of ketones is 1. The van der Waals surface area contributed by atoms with Crippen LogP contribution in [-0.2, 0) is 9.53 Å². The summed E-state index contributed by atoms with van der Waals surface area (Å²) in [5, 5.41) is 3.06. The van der Waals surface area contributed by atoms with Gasteiger partial charge < -0.3 is 14.8 Å². The maximum absolute atomic E-state index is 12.4. The molecule has 0 amide bonds. The van der Waals surface area contributed by atoms with Gasteiger partial charge in [-0.25, -0.2) is 4.79 Å². The minimum Gasteiger partial charge on any atom is -0.497 e. The van der Waals surface area contributed by atoms with Gasteiger partial charge in [-0.05, 0) is 31.2 Å². The second kappa shape index (κ2) is 8.72. The lowest BCUT2D eigenvalue weighted by Crippen LogP contribution is -2.33. The molecule has 126 valence electrons. The molecule has 2 rings (SSSR count). The molecule has 0 aromatic heterocycles. The number of rotatable bonds is 8. The molecule has 24 heavy (non-hydrogen) atoms. The first kappa shape index (κ1) is 17.5. The zero-order chi connectivity index (χ0) is 17.4. The first-order chi connectivity index (χ1) is 11.6. The lowest BCUT2D eigenvalue weighted by Gasteiger charge is -2.18. The van der Waals surface area contributed by atoms with Gasteiger partial charge in [0, 0.05) is 17.7 Å². The molecule has 2 aromatic carbocycles. The predicted molar refractivity (Wildman–Crippen MR) is 92.4 cm³/mol. The zero-order valence-corrected chi connectivity index (χ0v) is 13.8. The maximum Gasteiger partial charge on any atom is 0.329 e. The second-order valence-corrected chi connectivity index (χ2v) is 5.17. The summed E-state index contributed by atoms with van der Waals surface area (Å²) in [6, 6.07) is 15.3. The topological polar surface area (TPSA) is 64.6 Å². The molecule has 0 fully saturated rings. The highest BCUT2D eigenvalue weighted by molar-refractivity contribution is 5.99. The number of esters is 1. The Morgan fingerprint density at radius 3 is 2.29 bits per heavy atom. The Labute approximate surface area is 141 Å². The number of carbonyl (C=O) groups excluding carboxylic acids is 2. The van der Waals surface area contributed by atoms with Crippen molar-refractivity contribution < 1.29 is 19.1 Å². The van der Waals surface area contributed by atoms with Gasteiger partial charge in [-0.15, -0.1) is 0 Å². The highest BCUT2D eigenvalue weighted by Crippen LogP contribution is 2.18. The van der Waals surface area contributed by atoms with E-state index in [-0.39, 0.29) is 18.8 Å². The smallest absolute Gasteiger partial charge is 0.329 e. The Hall–Kier alpha value is -2.82. The van der Waals surface area contributed by atoms with Gasteiger partial charge in [0.2, 0.25) is 0 Å². The Morgan fingerprint density at radius 2 is 1.71 bits per heavy atom. The summed E-state index contributed by atoms with van der Waals surface area (Å²) in [4.78, 5) is 24.6. The van der Waals surface area contributed by atoms with E-state index < -0.39 is 12.0 Å². The van der Waals surface area contributed by atoms with Crippen molar-refractivity contribution >= 4 is 17.4 Å². The van der Waals surface area contributed by atoms with Gasteiger partial charge in [0.1, 0.15) is 11.8 Å². The number of hydrogen-bond acceptors (Lipinski definition) is 5. The van der Waals surface area contributed by atoms with E-state index in [1.807, 2.05) is 6.07 Å². The summed E-state index contributed by atoms with van der Waals surface area (Å²) in [7, 11) is 1.59. The first-order valence-electron chi connectivity index (χ1n) is 7.79. The molecule has 1 atom stereocenters. The van der Waals surface area contributed by atoms with Crippen LogP contribution in [0.2, 0.25) is 0 Å². The van der Waals surface area contributed by atoms with Crippen LogP contribution in [0.25, 0.3) is 0 Å². The molecule has 0 aliphatic carbocycles. The summed E-state index contributed by atoms with van der Waals surface area (Å²) in [5.41, 5.74) is 1.29. The van der Waals surface area contributed by atoms with Gasteiger partial charge in [-0.3, -0.25) is 4.79 Å². The van der Waals surface area contributed by atoms with Crippen molar-refractivity contribution in [1.29, 1.82) is 0 Å². The first-order valence-corrected chi connectivity index (χ1v) is 7.79. The van der Waals surface area contributed by atoms with E-state index in [4.69, 9.17) is 9.47 Å². The van der Waals surface area contributed by atoms with Gasteiger partial charge in [-0.2, -0.15) is 0 Å². The molecular formula is C19H21NO4. The lowest BCUT2D eigenvalue weighted by atomic mass is 10.0. The van der Waals surface area contributed by atoms with E-state index in [2.05, 4.69) is 5.32 Å². The Balaban J connectivity index is 2.11. The highest BCUT2D eigenvalue weighted by Gasteiger charge is 2.23. The molecule has 0 bridgehead atoms. The van der Waals surface area contributed by atoms with E-state index in [9.17, 15) is 9.59 Å². The van der Waals surface area contributed by atoms with Crippen molar-refractivity contribution in [3.8, 4) is 5.75 Å². The van der Waals surface area contributed by atoms with Gasteiger partial charge >= 0.3 is 5.97 Å². The van der Waals surface area contributed by atoms with Gasteiger partial charge in [0.25, 0.3) is 0 Å². The van der Waals surface area contributed by atoms with E-state index in [0.717, 1.165) is 5.69 Å². The van der Waals surface area contributed by atoms with Crippen LogP contribution in [0.15, 0.2) is 54.6 Å². The quantitative estimate of drug-likeness (QED) is 0.595. The van der Waals surface area contributed by atoms with Crippen LogP contribution in [0.1, 0.15) is 23.7 Å². The van der Waals surface area contributed by atoms with E-state index in [1.54, 1.807) is 62.6 Å². The monoisotopic (exact) mass is 327 g/mol. The van der Waals surface area contributed by atoms with Crippen LogP contribution in [-0.4, -0.2) is 31.5 Å². The molecular weight excluding hydrogens is 306 g/mol. The Morgan fingerprint density at radius 1 is 1.04 bits per heavy atom. The number of anilines is 1. The molecule has 0 saturated carbocycles. The molecule has 0 heterocycles. The zero-order valence-electron chi connectivity index (χ0n) is 13.8. The number of Topliss-reactive ketones (excluding diaryl/α,β-unsaturated/α-hetero) is 1. The number of nitrogens with one attached hydrogen (secondary N) is 1. The molecule has 0 saturated heterocycles. The molecule has 0 radical (unpaired) electrons. The fraction of sp³-hybridized carbons (Fsp3) is 0.263. The second-order valence-electron chi connectivity index (χ2n) is 5.17. The predicted octanol–water partition coefficient (Wildman–Crippen LogP) is 3.31. The van der Waals surface area contributed by atoms with Crippen LogP contribution in [0.3, 0.4) is 0 Å². The van der Waals surface area contributed by atoms with Crippen LogP contribution < -0.4 is 10.1 Å². The van der Waals surface area contributed by atoms with Crippen molar-refractivity contribution in [2.24, 2.45) is 0 Å². The summed E-state index contributed by atoms with van der Waals surface area (Å²) in [5.74, 6) is 0.154. The number of carbonyl (C=O) groups is 2. The highest BCUT2D eigenvalue weighted by atomic mass is 16.5. The largest absolute Gasteiger partial charge is 0.497 e. The minimum absolute atomic E-state index is 0.0227. The van der Waals surface area contributed by atoms with Crippen molar-refractivity contribution in [1.82, 2.24) is 0 Å².